The first-order valence-electron chi connectivity index (χ1n) is 4.87. The van der Waals surface area contributed by atoms with Crippen LogP contribution >= 0.6 is 0 Å². The molecule has 0 aliphatic heterocycles. The summed E-state index contributed by atoms with van der Waals surface area (Å²) in [6, 6.07) is 6.10. The third kappa shape index (κ3) is 4.31. The van der Waals surface area contributed by atoms with E-state index in [1.165, 1.54) is 26.4 Å². The second kappa shape index (κ2) is 6.55. The van der Waals surface area contributed by atoms with Crippen LogP contribution in [0.5, 0.6) is 5.75 Å². The summed E-state index contributed by atoms with van der Waals surface area (Å²) in [6.45, 7) is 0.445. The number of sulfonamides is 1. The van der Waals surface area contributed by atoms with Crippen LogP contribution in [-0.4, -0.2) is 35.9 Å². The maximum absolute atomic E-state index is 11.7. The third-order valence-corrected chi connectivity index (χ3v) is 3.12. The predicted octanol–water partition coefficient (Wildman–Crippen LogP) is 0.551. The molecule has 7 heteroatoms. The number of hydrogen-bond donors (Lipinski definition) is 1. The van der Waals surface area contributed by atoms with Crippen LogP contribution in [0, 0.1) is 0 Å². The molecule has 1 aromatic carbocycles. The Hall–Kier alpha value is -1.15. The molecule has 0 fully saturated rings. The predicted molar refractivity (Wildman–Crippen MR) is 61.1 cm³/mol. The Morgan fingerprint density at radius 2 is 2.00 bits per heavy atom. The van der Waals surface area contributed by atoms with Crippen molar-refractivity contribution in [1.82, 2.24) is 4.89 Å². The maximum Gasteiger partial charge on any atom is 0.262 e. The molecule has 0 radical (unpaired) electrons. The van der Waals surface area contributed by atoms with Gasteiger partial charge in [0, 0.05) is 13.2 Å². The van der Waals surface area contributed by atoms with Crippen molar-refractivity contribution < 1.29 is 22.7 Å². The van der Waals surface area contributed by atoms with E-state index in [4.69, 9.17) is 14.3 Å². The van der Waals surface area contributed by atoms with Gasteiger partial charge in [-0.1, -0.05) is 11.0 Å². The maximum atomic E-state index is 11.7. The lowest BCUT2D eigenvalue weighted by Gasteiger charge is -2.07. The first kappa shape index (κ1) is 13.9. The van der Waals surface area contributed by atoms with Crippen molar-refractivity contribution in [2.45, 2.75) is 4.90 Å². The van der Waals surface area contributed by atoms with E-state index in [-0.39, 0.29) is 11.5 Å². The van der Waals surface area contributed by atoms with Crippen LogP contribution < -0.4 is 9.62 Å². The highest BCUT2D eigenvalue weighted by Gasteiger charge is 2.14. The van der Waals surface area contributed by atoms with Crippen molar-refractivity contribution in [1.29, 1.82) is 0 Å². The summed E-state index contributed by atoms with van der Waals surface area (Å²) in [5.74, 6) is 0.463. The lowest BCUT2D eigenvalue weighted by Crippen LogP contribution is -2.25. The normalized spacial score (nSPS) is 11.4. The first-order chi connectivity index (χ1) is 8.10. The largest absolute Gasteiger partial charge is 0.497 e. The van der Waals surface area contributed by atoms with Crippen LogP contribution in [0.4, 0.5) is 0 Å². The number of methoxy groups -OCH3 is 2. The van der Waals surface area contributed by atoms with Crippen molar-refractivity contribution in [2.24, 2.45) is 0 Å². The monoisotopic (exact) mass is 261 g/mol. The quantitative estimate of drug-likeness (QED) is 0.573. The Morgan fingerprint density at radius 1 is 1.24 bits per heavy atom. The van der Waals surface area contributed by atoms with Crippen molar-refractivity contribution in [3.8, 4) is 5.75 Å². The summed E-state index contributed by atoms with van der Waals surface area (Å²) >= 11 is 0. The molecule has 1 aromatic rings. The van der Waals surface area contributed by atoms with E-state index < -0.39 is 10.0 Å². The molecule has 0 spiro atoms. The van der Waals surface area contributed by atoms with Gasteiger partial charge in [-0.15, -0.1) is 0 Å². The molecule has 1 N–H and O–H groups in total. The highest BCUT2D eigenvalue weighted by molar-refractivity contribution is 7.89. The molecule has 0 saturated heterocycles. The fourth-order valence-electron chi connectivity index (χ4n) is 1.06. The molecule has 0 aromatic heterocycles. The zero-order valence-electron chi connectivity index (χ0n) is 9.67. The Morgan fingerprint density at radius 3 is 2.65 bits per heavy atom. The van der Waals surface area contributed by atoms with Crippen LogP contribution in [0.1, 0.15) is 0 Å². The van der Waals surface area contributed by atoms with Crippen molar-refractivity contribution in [3.63, 3.8) is 0 Å². The molecule has 0 heterocycles. The molecule has 0 bridgehead atoms. The van der Waals surface area contributed by atoms with Crippen LogP contribution in [0.2, 0.25) is 0 Å². The summed E-state index contributed by atoms with van der Waals surface area (Å²) in [7, 11) is -0.715. The van der Waals surface area contributed by atoms with Crippen LogP contribution in [0.15, 0.2) is 29.2 Å². The van der Waals surface area contributed by atoms with Gasteiger partial charge in [0.15, 0.2) is 0 Å². The highest BCUT2D eigenvalue weighted by Crippen LogP contribution is 2.16. The lowest BCUT2D eigenvalue weighted by atomic mass is 10.3. The van der Waals surface area contributed by atoms with E-state index >= 15 is 0 Å². The van der Waals surface area contributed by atoms with E-state index in [2.05, 4.69) is 0 Å². The molecule has 0 unspecified atom stereocenters. The lowest BCUT2D eigenvalue weighted by molar-refractivity contribution is 0.0438. The zero-order valence-corrected chi connectivity index (χ0v) is 10.5. The molecule has 0 aliphatic rings. The molecular formula is C10H15NO5S. The molecule has 1 rings (SSSR count). The fraction of sp³-hybridized carbons (Fsp3) is 0.400. The van der Waals surface area contributed by atoms with Gasteiger partial charge in [0.1, 0.15) is 5.75 Å². The topological polar surface area (TPSA) is 73.9 Å². The van der Waals surface area contributed by atoms with E-state index in [0.29, 0.717) is 12.4 Å². The van der Waals surface area contributed by atoms with Gasteiger partial charge in [0.2, 0.25) is 0 Å². The van der Waals surface area contributed by atoms with Crippen LogP contribution in [0.25, 0.3) is 0 Å². The molecule has 0 amide bonds. The Bertz CT molecular complexity index is 446. The van der Waals surface area contributed by atoms with Gasteiger partial charge in [-0.2, -0.15) is 0 Å². The SMILES string of the molecule is COCCONS(=O)(=O)c1cccc(OC)c1. The second-order valence-electron chi connectivity index (χ2n) is 3.11. The number of nitrogens with one attached hydrogen (secondary N) is 1. The van der Waals surface area contributed by atoms with Gasteiger partial charge in [0.25, 0.3) is 10.0 Å². The van der Waals surface area contributed by atoms with Gasteiger partial charge in [-0.3, -0.25) is 4.84 Å². The Kier molecular flexibility index (Phi) is 5.36. The molecule has 0 atom stereocenters. The van der Waals surface area contributed by atoms with Gasteiger partial charge in [0.05, 0.1) is 25.2 Å². The minimum atomic E-state index is -3.68. The molecule has 6 nitrogen and oxygen atoms in total. The Labute approximate surface area is 100 Å². The smallest absolute Gasteiger partial charge is 0.262 e. The summed E-state index contributed by atoms with van der Waals surface area (Å²) in [6.07, 6.45) is 0. The molecule has 0 aliphatic carbocycles. The van der Waals surface area contributed by atoms with Crippen molar-refractivity contribution in [3.05, 3.63) is 24.3 Å². The minimum absolute atomic E-state index is 0.0780. The van der Waals surface area contributed by atoms with Crippen molar-refractivity contribution in [2.75, 3.05) is 27.4 Å². The summed E-state index contributed by atoms with van der Waals surface area (Å²) in [5, 5.41) is 0. The summed E-state index contributed by atoms with van der Waals surface area (Å²) in [5.41, 5.74) is 0. The molecule has 0 saturated carbocycles. The zero-order chi connectivity index (χ0) is 12.7. The number of rotatable bonds is 7. The van der Waals surface area contributed by atoms with E-state index in [1.54, 1.807) is 12.1 Å². The van der Waals surface area contributed by atoms with Crippen LogP contribution in [-0.2, 0) is 19.6 Å². The van der Waals surface area contributed by atoms with Gasteiger partial charge in [-0.25, -0.2) is 8.42 Å². The second-order valence-corrected chi connectivity index (χ2v) is 4.75. The van der Waals surface area contributed by atoms with E-state index in [0.717, 1.165) is 0 Å². The molecular weight excluding hydrogens is 246 g/mol. The number of benzene rings is 1. The fourth-order valence-corrected chi connectivity index (χ4v) is 1.92. The van der Waals surface area contributed by atoms with Crippen molar-refractivity contribution >= 4 is 10.0 Å². The van der Waals surface area contributed by atoms with Crippen LogP contribution in [0.3, 0.4) is 0 Å². The minimum Gasteiger partial charge on any atom is -0.497 e. The highest BCUT2D eigenvalue weighted by atomic mass is 32.2. The molecule has 17 heavy (non-hydrogen) atoms. The van der Waals surface area contributed by atoms with Gasteiger partial charge in [-0.05, 0) is 12.1 Å². The molecule has 96 valence electrons. The number of ether oxygens (including phenoxy) is 2. The average Bonchev–Trinajstić information content (AvgIpc) is 2.35. The first-order valence-corrected chi connectivity index (χ1v) is 6.35. The van der Waals surface area contributed by atoms with E-state index in [1.807, 2.05) is 4.89 Å². The van der Waals surface area contributed by atoms with E-state index in [9.17, 15) is 8.42 Å². The average molecular weight is 261 g/mol. The third-order valence-electron chi connectivity index (χ3n) is 1.91. The number of hydrogen-bond acceptors (Lipinski definition) is 5. The summed E-state index contributed by atoms with van der Waals surface area (Å²) in [4.78, 5) is 6.84. The Balaban J connectivity index is 2.68. The standard InChI is InChI=1S/C10H15NO5S/c1-14-6-7-16-11-17(12,13)10-5-3-4-9(8-10)15-2/h3-5,8,11H,6-7H2,1-2H3. The summed E-state index contributed by atoms with van der Waals surface area (Å²) < 4.78 is 33.1. The van der Waals surface area contributed by atoms with Gasteiger partial charge < -0.3 is 9.47 Å². The van der Waals surface area contributed by atoms with Gasteiger partial charge >= 0.3 is 0 Å².